The fourth-order valence-electron chi connectivity index (χ4n) is 4.38. The second-order valence-electron chi connectivity index (χ2n) is 8.36. The highest BCUT2D eigenvalue weighted by Gasteiger charge is 2.28. The Morgan fingerprint density at radius 3 is 2.74 bits per heavy atom. The molecule has 3 N–H and O–H groups in total. The van der Waals surface area contributed by atoms with Crippen LogP contribution in [0.15, 0.2) is 72.9 Å². The zero-order valence-electron chi connectivity index (χ0n) is 17.8. The molecule has 160 valence electrons. The van der Waals surface area contributed by atoms with Crippen molar-refractivity contribution in [3.8, 4) is 0 Å². The third kappa shape index (κ3) is 5.30. The molecule has 0 amide bonds. The summed E-state index contributed by atoms with van der Waals surface area (Å²) >= 11 is 0. The number of nitrogens with zero attached hydrogens (tertiary/aromatic N) is 1. The summed E-state index contributed by atoms with van der Waals surface area (Å²) in [6.07, 6.45) is 2.85. The van der Waals surface area contributed by atoms with Crippen LogP contribution >= 0.6 is 0 Å². The predicted octanol–water partition coefficient (Wildman–Crippen LogP) is 4.43. The van der Waals surface area contributed by atoms with Gasteiger partial charge in [0, 0.05) is 31.2 Å². The van der Waals surface area contributed by atoms with Gasteiger partial charge >= 0.3 is 5.97 Å². The molecular formula is C26H29N3O2. The lowest BCUT2D eigenvalue weighted by atomic mass is 9.86. The number of aromatic nitrogens is 1. The Hall–Kier alpha value is -3.18. The third-order valence-electron chi connectivity index (χ3n) is 6.05. The topological polar surface area (TPSA) is 74.2 Å². The molecule has 2 aromatic carbocycles. The van der Waals surface area contributed by atoms with E-state index in [4.69, 9.17) is 5.11 Å². The van der Waals surface area contributed by atoms with E-state index in [1.54, 1.807) is 0 Å². The van der Waals surface area contributed by atoms with Gasteiger partial charge in [-0.05, 0) is 41.2 Å². The lowest BCUT2D eigenvalue weighted by Gasteiger charge is -2.33. The van der Waals surface area contributed by atoms with Crippen molar-refractivity contribution in [1.82, 2.24) is 10.3 Å². The Bertz CT molecular complexity index is 1020. The Kier molecular flexibility index (Phi) is 6.63. The predicted molar refractivity (Wildman–Crippen MR) is 123 cm³/mol. The first-order valence-corrected chi connectivity index (χ1v) is 10.9. The number of pyridine rings is 1. The smallest absolute Gasteiger partial charge is 0.307 e. The zero-order valence-corrected chi connectivity index (χ0v) is 17.8. The quantitative estimate of drug-likeness (QED) is 0.508. The van der Waals surface area contributed by atoms with E-state index in [-0.39, 0.29) is 18.4 Å². The molecule has 4 rings (SSSR count). The summed E-state index contributed by atoms with van der Waals surface area (Å²) in [6.45, 7) is 3.89. The van der Waals surface area contributed by atoms with E-state index in [9.17, 15) is 4.79 Å². The summed E-state index contributed by atoms with van der Waals surface area (Å²) in [6, 6.07) is 22.8. The fraction of sp³-hybridized carbons (Fsp3) is 0.308. The molecule has 0 fully saturated rings. The molecule has 0 saturated carbocycles. The fourth-order valence-corrected chi connectivity index (χ4v) is 4.38. The number of benzene rings is 2. The SMILES string of the molecule is C[C@H](CN[C@@H](c1ccccc1)[C@@H]1CNc2cccnc2C1)c1cccc(CC(=O)O)c1. The first-order chi connectivity index (χ1) is 15.1. The molecule has 3 aromatic rings. The van der Waals surface area contributed by atoms with Gasteiger partial charge in [-0.2, -0.15) is 0 Å². The molecule has 2 heterocycles. The number of nitrogens with one attached hydrogen (secondary N) is 2. The summed E-state index contributed by atoms with van der Waals surface area (Å²) in [5, 5.41) is 16.4. The number of aliphatic carboxylic acids is 1. The highest BCUT2D eigenvalue weighted by Crippen LogP contribution is 2.31. The number of fused-ring (bicyclic) bond motifs is 1. The van der Waals surface area contributed by atoms with Crippen molar-refractivity contribution in [2.24, 2.45) is 5.92 Å². The van der Waals surface area contributed by atoms with Gasteiger partial charge in [-0.3, -0.25) is 9.78 Å². The zero-order chi connectivity index (χ0) is 21.6. The number of rotatable bonds is 8. The van der Waals surface area contributed by atoms with Crippen LogP contribution in [0.3, 0.4) is 0 Å². The van der Waals surface area contributed by atoms with Gasteiger partial charge in [0.05, 0.1) is 17.8 Å². The first kappa shape index (κ1) is 21.1. The summed E-state index contributed by atoms with van der Waals surface area (Å²) in [4.78, 5) is 15.6. The van der Waals surface area contributed by atoms with Crippen LogP contribution in [0.1, 0.15) is 41.3 Å². The van der Waals surface area contributed by atoms with Gasteiger partial charge in [-0.25, -0.2) is 0 Å². The molecule has 0 spiro atoms. The van der Waals surface area contributed by atoms with E-state index in [2.05, 4.69) is 58.9 Å². The minimum atomic E-state index is -0.800. The maximum atomic E-state index is 11.1. The molecule has 0 radical (unpaired) electrons. The standard InChI is InChI=1S/C26H29N3O2/c1-18(21-10-5-7-19(13-21)14-25(30)31)16-29-26(20-8-3-2-4-9-20)22-15-24-23(28-17-22)11-6-12-27-24/h2-13,18,22,26,28-29H,14-17H2,1H3,(H,30,31)/t18-,22+,26+/m1/s1. The minimum Gasteiger partial charge on any atom is -0.481 e. The maximum absolute atomic E-state index is 11.1. The number of carbonyl (C=O) groups is 1. The van der Waals surface area contributed by atoms with Gasteiger partial charge < -0.3 is 15.7 Å². The first-order valence-electron chi connectivity index (χ1n) is 10.9. The molecule has 1 aliphatic heterocycles. The van der Waals surface area contributed by atoms with Crippen molar-refractivity contribution in [2.75, 3.05) is 18.4 Å². The number of carboxylic acids is 1. The van der Waals surface area contributed by atoms with Crippen LogP contribution in [0.4, 0.5) is 5.69 Å². The number of anilines is 1. The van der Waals surface area contributed by atoms with Gasteiger partial charge in [-0.15, -0.1) is 0 Å². The number of hydrogen-bond acceptors (Lipinski definition) is 4. The van der Waals surface area contributed by atoms with Crippen molar-refractivity contribution in [1.29, 1.82) is 0 Å². The molecule has 0 aliphatic carbocycles. The van der Waals surface area contributed by atoms with E-state index >= 15 is 0 Å². The molecular weight excluding hydrogens is 386 g/mol. The minimum absolute atomic E-state index is 0.0563. The largest absolute Gasteiger partial charge is 0.481 e. The lowest BCUT2D eigenvalue weighted by Crippen LogP contribution is -2.37. The molecule has 31 heavy (non-hydrogen) atoms. The van der Waals surface area contributed by atoms with Crippen LogP contribution in [-0.2, 0) is 17.6 Å². The Balaban J connectivity index is 1.49. The van der Waals surface area contributed by atoms with E-state index in [0.717, 1.165) is 42.0 Å². The summed E-state index contributed by atoms with van der Waals surface area (Å²) in [7, 11) is 0. The van der Waals surface area contributed by atoms with Gasteiger partial charge in [0.1, 0.15) is 0 Å². The van der Waals surface area contributed by atoms with Crippen LogP contribution in [0.2, 0.25) is 0 Å². The van der Waals surface area contributed by atoms with Crippen molar-refractivity contribution in [2.45, 2.75) is 31.7 Å². The monoisotopic (exact) mass is 415 g/mol. The number of hydrogen-bond donors (Lipinski definition) is 3. The second kappa shape index (κ2) is 9.75. The molecule has 3 atom stereocenters. The van der Waals surface area contributed by atoms with Crippen molar-refractivity contribution in [3.63, 3.8) is 0 Å². The van der Waals surface area contributed by atoms with E-state index in [1.807, 2.05) is 36.5 Å². The molecule has 0 unspecified atom stereocenters. The number of carboxylic acid groups (broad SMARTS) is 1. The molecule has 5 nitrogen and oxygen atoms in total. The third-order valence-corrected chi connectivity index (χ3v) is 6.05. The highest BCUT2D eigenvalue weighted by atomic mass is 16.4. The maximum Gasteiger partial charge on any atom is 0.307 e. The Morgan fingerprint density at radius 1 is 1.13 bits per heavy atom. The second-order valence-corrected chi connectivity index (χ2v) is 8.36. The average Bonchev–Trinajstić information content (AvgIpc) is 2.79. The van der Waals surface area contributed by atoms with Gasteiger partial charge in [-0.1, -0.05) is 61.5 Å². The van der Waals surface area contributed by atoms with Gasteiger partial charge in [0.15, 0.2) is 0 Å². The Labute approximate surface area is 183 Å². The van der Waals surface area contributed by atoms with Crippen LogP contribution in [0, 0.1) is 5.92 Å². The summed E-state index contributed by atoms with van der Waals surface area (Å²) in [5.41, 5.74) is 5.54. The van der Waals surface area contributed by atoms with E-state index in [0.29, 0.717) is 5.92 Å². The van der Waals surface area contributed by atoms with E-state index < -0.39 is 5.97 Å². The highest BCUT2D eigenvalue weighted by molar-refractivity contribution is 5.70. The average molecular weight is 416 g/mol. The van der Waals surface area contributed by atoms with Crippen LogP contribution in [0.5, 0.6) is 0 Å². The van der Waals surface area contributed by atoms with Crippen molar-refractivity contribution < 1.29 is 9.90 Å². The van der Waals surface area contributed by atoms with Crippen molar-refractivity contribution >= 4 is 11.7 Å². The van der Waals surface area contributed by atoms with E-state index in [1.165, 1.54) is 5.56 Å². The van der Waals surface area contributed by atoms with Crippen LogP contribution < -0.4 is 10.6 Å². The van der Waals surface area contributed by atoms with Crippen LogP contribution in [0.25, 0.3) is 0 Å². The molecule has 0 saturated heterocycles. The van der Waals surface area contributed by atoms with Crippen molar-refractivity contribution in [3.05, 3.63) is 95.3 Å². The molecule has 5 heteroatoms. The van der Waals surface area contributed by atoms with Gasteiger partial charge in [0.2, 0.25) is 0 Å². The molecule has 0 bridgehead atoms. The summed E-state index contributed by atoms with van der Waals surface area (Å²) < 4.78 is 0. The Morgan fingerprint density at radius 2 is 1.94 bits per heavy atom. The lowest BCUT2D eigenvalue weighted by molar-refractivity contribution is -0.136. The molecule has 1 aliphatic rings. The summed E-state index contributed by atoms with van der Waals surface area (Å²) in [5.74, 6) is -0.150. The van der Waals surface area contributed by atoms with Gasteiger partial charge in [0.25, 0.3) is 0 Å². The molecule has 1 aromatic heterocycles. The normalized spacial score (nSPS) is 17.3. The van der Waals surface area contributed by atoms with Crippen LogP contribution in [-0.4, -0.2) is 29.1 Å².